The van der Waals surface area contributed by atoms with Gasteiger partial charge in [0, 0.05) is 18.6 Å². The third-order valence-corrected chi connectivity index (χ3v) is 3.94. The number of nitrogens with zero attached hydrogens (tertiary/aromatic N) is 2. The summed E-state index contributed by atoms with van der Waals surface area (Å²) in [6.07, 6.45) is 3.90. The fraction of sp³-hybridized carbons (Fsp3) is 1.00. The van der Waals surface area contributed by atoms with Crippen LogP contribution >= 0.6 is 0 Å². The smallest absolute Gasteiger partial charge is 0.0217 e. The summed E-state index contributed by atoms with van der Waals surface area (Å²) in [6, 6.07) is 1.49. The Kier molecular flexibility index (Phi) is 6.32. The van der Waals surface area contributed by atoms with Crippen molar-refractivity contribution in [1.82, 2.24) is 15.1 Å². The van der Waals surface area contributed by atoms with E-state index in [-0.39, 0.29) is 0 Å². The van der Waals surface area contributed by atoms with Gasteiger partial charge >= 0.3 is 0 Å². The third-order valence-electron chi connectivity index (χ3n) is 3.94. The Balaban J connectivity index is 2.37. The van der Waals surface area contributed by atoms with Gasteiger partial charge in [-0.2, -0.15) is 0 Å². The van der Waals surface area contributed by atoms with E-state index in [1.165, 1.54) is 32.4 Å². The lowest BCUT2D eigenvalue weighted by atomic mass is 10.0. The first-order valence-electron chi connectivity index (χ1n) is 6.80. The minimum atomic E-state index is 0.702. The van der Waals surface area contributed by atoms with Crippen molar-refractivity contribution in [2.75, 3.05) is 40.3 Å². The first-order chi connectivity index (χ1) is 7.69. The van der Waals surface area contributed by atoms with Gasteiger partial charge in [-0.15, -0.1) is 0 Å². The van der Waals surface area contributed by atoms with Gasteiger partial charge in [0.15, 0.2) is 0 Å². The van der Waals surface area contributed by atoms with Gasteiger partial charge in [-0.25, -0.2) is 0 Å². The molecule has 0 spiro atoms. The standard InChI is InChI=1S/C13H29N3/c1-5-12(11-14-6-2)16(4)13-7-9-15(3)10-8-13/h12-14H,5-11H2,1-4H3. The summed E-state index contributed by atoms with van der Waals surface area (Å²) in [5.74, 6) is 0. The maximum Gasteiger partial charge on any atom is 0.0217 e. The van der Waals surface area contributed by atoms with E-state index in [1.54, 1.807) is 0 Å². The van der Waals surface area contributed by atoms with Gasteiger partial charge in [-0.1, -0.05) is 13.8 Å². The number of rotatable bonds is 6. The fourth-order valence-electron chi connectivity index (χ4n) is 2.59. The second-order valence-corrected chi connectivity index (χ2v) is 5.07. The van der Waals surface area contributed by atoms with Crippen molar-refractivity contribution in [2.45, 2.75) is 45.2 Å². The zero-order valence-corrected chi connectivity index (χ0v) is 11.5. The normalized spacial score (nSPS) is 21.6. The summed E-state index contributed by atoms with van der Waals surface area (Å²) in [7, 11) is 4.54. The van der Waals surface area contributed by atoms with Gasteiger partial charge in [0.2, 0.25) is 0 Å². The van der Waals surface area contributed by atoms with E-state index in [0.717, 1.165) is 19.1 Å². The molecular weight excluding hydrogens is 198 g/mol. The molecule has 1 rings (SSSR count). The second kappa shape index (κ2) is 7.25. The van der Waals surface area contributed by atoms with Crippen molar-refractivity contribution in [3.05, 3.63) is 0 Å². The minimum absolute atomic E-state index is 0.702. The van der Waals surface area contributed by atoms with Gasteiger partial charge in [0.05, 0.1) is 0 Å². The Hall–Kier alpha value is -0.120. The van der Waals surface area contributed by atoms with E-state index in [1.807, 2.05) is 0 Å². The molecule has 1 unspecified atom stereocenters. The van der Waals surface area contributed by atoms with Crippen molar-refractivity contribution in [3.63, 3.8) is 0 Å². The van der Waals surface area contributed by atoms with E-state index in [0.29, 0.717) is 6.04 Å². The lowest BCUT2D eigenvalue weighted by Crippen LogP contribution is -2.49. The van der Waals surface area contributed by atoms with Crippen LogP contribution in [0.15, 0.2) is 0 Å². The summed E-state index contributed by atoms with van der Waals surface area (Å²) in [5, 5.41) is 3.48. The molecule has 1 saturated heterocycles. The maximum atomic E-state index is 3.48. The van der Waals surface area contributed by atoms with Gasteiger partial charge in [0.1, 0.15) is 0 Å². The van der Waals surface area contributed by atoms with Gasteiger partial charge in [-0.3, -0.25) is 4.90 Å². The van der Waals surface area contributed by atoms with Crippen molar-refractivity contribution in [2.24, 2.45) is 0 Å². The van der Waals surface area contributed by atoms with Crippen molar-refractivity contribution < 1.29 is 0 Å². The van der Waals surface area contributed by atoms with Crippen molar-refractivity contribution >= 4 is 0 Å². The minimum Gasteiger partial charge on any atom is -0.315 e. The molecule has 0 aromatic rings. The van der Waals surface area contributed by atoms with Crippen LogP contribution in [-0.2, 0) is 0 Å². The molecule has 0 bridgehead atoms. The summed E-state index contributed by atoms with van der Waals surface area (Å²) in [4.78, 5) is 5.05. The lowest BCUT2D eigenvalue weighted by Gasteiger charge is -2.39. The van der Waals surface area contributed by atoms with E-state index < -0.39 is 0 Å². The molecule has 0 aromatic carbocycles. The number of nitrogens with one attached hydrogen (secondary N) is 1. The molecule has 0 saturated carbocycles. The number of likely N-dealkylation sites (tertiary alicyclic amines) is 1. The number of likely N-dealkylation sites (N-methyl/N-ethyl adjacent to an activating group) is 2. The lowest BCUT2D eigenvalue weighted by molar-refractivity contribution is 0.104. The summed E-state index contributed by atoms with van der Waals surface area (Å²) in [6.45, 7) is 9.21. The zero-order chi connectivity index (χ0) is 12.0. The Morgan fingerprint density at radius 3 is 2.44 bits per heavy atom. The van der Waals surface area contributed by atoms with Gasteiger partial charge in [0.25, 0.3) is 0 Å². The van der Waals surface area contributed by atoms with Crippen LogP contribution in [0.3, 0.4) is 0 Å². The molecule has 1 heterocycles. The van der Waals surface area contributed by atoms with Crippen LogP contribution in [-0.4, -0.2) is 62.2 Å². The van der Waals surface area contributed by atoms with Crippen molar-refractivity contribution in [1.29, 1.82) is 0 Å². The third kappa shape index (κ3) is 4.04. The topological polar surface area (TPSA) is 18.5 Å². The molecule has 1 aliphatic heterocycles. The second-order valence-electron chi connectivity index (χ2n) is 5.07. The zero-order valence-electron chi connectivity index (χ0n) is 11.5. The Morgan fingerprint density at radius 2 is 1.94 bits per heavy atom. The molecule has 1 atom stereocenters. The SMILES string of the molecule is CCNCC(CC)N(C)C1CCN(C)CC1. The molecule has 0 aromatic heterocycles. The molecular formula is C13H29N3. The van der Waals surface area contributed by atoms with Crippen LogP contribution < -0.4 is 5.32 Å². The molecule has 16 heavy (non-hydrogen) atoms. The molecule has 3 nitrogen and oxygen atoms in total. The summed E-state index contributed by atoms with van der Waals surface area (Å²) in [5.41, 5.74) is 0. The Morgan fingerprint density at radius 1 is 1.31 bits per heavy atom. The van der Waals surface area contributed by atoms with E-state index in [9.17, 15) is 0 Å². The number of piperidine rings is 1. The van der Waals surface area contributed by atoms with E-state index in [4.69, 9.17) is 0 Å². The van der Waals surface area contributed by atoms with E-state index in [2.05, 4.69) is 43.1 Å². The van der Waals surface area contributed by atoms with Crippen LogP contribution in [0.4, 0.5) is 0 Å². The summed E-state index contributed by atoms with van der Waals surface area (Å²) < 4.78 is 0. The molecule has 1 fully saturated rings. The van der Waals surface area contributed by atoms with E-state index >= 15 is 0 Å². The van der Waals surface area contributed by atoms with Crippen LogP contribution in [0.1, 0.15) is 33.1 Å². The molecule has 0 aliphatic carbocycles. The first-order valence-corrected chi connectivity index (χ1v) is 6.80. The molecule has 1 N–H and O–H groups in total. The monoisotopic (exact) mass is 227 g/mol. The van der Waals surface area contributed by atoms with Crippen LogP contribution in [0.5, 0.6) is 0 Å². The highest BCUT2D eigenvalue weighted by atomic mass is 15.2. The highest BCUT2D eigenvalue weighted by Gasteiger charge is 2.24. The average molecular weight is 227 g/mol. The molecule has 0 amide bonds. The maximum absolute atomic E-state index is 3.48. The average Bonchev–Trinajstić information content (AvgIpc) is 2.30. The largest absolute Gasteiger partial charge is 0.315 e. The highest BCUT2D eigenvalue weighted by Crippen LogP contribution is 2.17. The van der Waals surface area contributed by atoms with Crippen LogP contribution in [0.2, 0.25) is 0 Å². The number of hydrogen-bond acceptors (Lipinski definition) is 3. The first kappa shape index (κ1) is 13.9. The molecule has 96 valence electrons. The van der Waals surface area contributed by atoms with Crippen LogP contribution in [0, 0.1) is 0 Å². The van der Waals surface area contributed by atoms with Gasteiger partial charge < -0.3 is 10.2 Å². The fourth-order valence-corrected chi connectivity index (χ4v) is 2.59. The predicted molar refractivity (Wildman–Crippen MR) is 70.9 cm³/mol. The molecule has 3 heteroatoms. The molecule has 0 radical (unpaired) electrons. The number of hydrogen-bond donors (Lipinski definition) is 1. The Labute approximate surface area is 101 Å². The van der Waals surface area contributed by atoms with Gasteiger partial charge in [-0.05, 0) is 53.0 Å². The predicted octanol–water partition coefficient (Wildman–Crippen LogP) is 1.40. The van der Waals surface area contributed by atoms with Crippen LogP contribution in [0.25, 0.3) is 0 Å². The molecule has 1 aliphatic rings. The Bertz CT molecular complexity index is 171. The quantitative estimate of drug-likeness (QED) is 0.740. The van der Waals surface area contributed by atoms with Crippen molar-refractivity contribution in [3.8, 4) is 0 Å². The highest BCUT2D eigenvalue weighted by molar-refractivity contribution is 4.81. The summed E-state index contributed by atoms with van der Waals surface area (Å²) >= 11 is 0.